The van der Waals surface area contributed by atoms with E-state index in [4.69, 9.17) is 0 Å². The number of carbonyl (C=O) groups is 1. The number of ether oxygens (including phenoxy) is 1. The molecule has 0 aliphatic heterocycles. The lowest BCUT2D eigenvalue weighted by Crippen LogP contribution is -2.32. The van der Waals surface area contributed by atoms with E-state index in [9.17, 15) is 13.2 Å². The molecule has 0 saturated carbocycles. The summed E-state index contributed by atoms with van der Waals surface area (Å²) in [5, 5.41) is 0. The largest absolute Gasteiger partial charge is 0.469 e. The molecule has 0 spiro atoms. The highest BCUT2D eigenvalue weighted by Gasteiger charge is 2.22. The third kappa shape index (κ3) is 7.35. The molecule has 0 aliphatic rings. The summed E-state index contributed by atoms with van der Waals surface area (Å²) < 4.78 is 32.2. The molecule has 0 heterocycles. The van der Waals surface area contributed by atoms with Gasteiger partial charge < -0.3 is 4.74 Å². The van der Waals surface area contributed by atoms with Crippen molar-refractivity contribution in [2.75, 3.05) is 17.2 Å². The molecule has 0 saturated heterocycles. The van der Waals surface area contributed by atoms with Gasteiger partial charge in [0.1, 0.15) is 0 Å². The number of benzene rings is 2. The highest BCUT2D eigenvalue weighted by Crippen LogP contribution is 2.22. The van der Waals surface area contributed by atoms with Crippen LogP contribution in [0.15, 0.2) is 60.7 Å². The van der Waals surface area contributed by atoms with Crippen LogP contribution in [0.3, 0.4) is 0 Å². The molecule has 5 nitrogen and oxygen atoms in total. The first kappa shape index (κ1) is 22.0. The number of unbranched alkanes of at least 4 members (excludes halogenated alkanes) is 4. The molecule has 0 aliphatic carbocycles. The summed E-state index contributed by atoms with van der Waals surface area (Å²) in [5.41, 5.74) is 1.64. The standard InChI is InChI=1S/C22H29NO4S/c1-27-22(24)17-11-3-2-4-12-18-28(25,26)23(21-15-9-6-10-16-21)19-20-13-7-5-8-14-20/h5-10,13-16H,2-4,11-12,17-19H2,1H3. The third-order valence-electron chi connectivity index (χ3n) is 4.56. The van der Waals surface area contributed by atoms with Crippen LogP contribution in [0.2, 0.25) is 0 Å². The van der Waals surface area contributed by atoms with Gasteiger partial charge in [0.2, 0.25) is 10.0 Å². The molecule has 2 aromatic carbocycles. The molecule has 0 atom stereocenters. The molecule has 0 radical (unpaired) electrons. The zero-order valence-corrected chi connectivity index (χ0v) is 17.2. The van der Waals surface area contributed by atoms with Gasteiger partial charge in [-0.2, -0.15) is 0 Å². The van der Waals surface area contributed by atoms with Gasteiger partial charge in [-0.1, -0.05) is 67.8 Å². The van der Waals surface area contributed by atoms with Crippen molar-refractivity contribution in [2.24, 2.45) is 0 Å². The topological polar surface area (TPSA) is 63.7 Å². The normalized spacial score (nSPS) is 11.2. The van der Waals surface area contributed by atoms with Gasteiger partial charge in [0, 0.05) is 6.42 Å². The van der Waals surface area contributed by atoms with Gasteiger partial charge >= 0.3 is 5.97 Å². The second kappa shape index (κ2) is 11.5. The molecular formula is C22H29NO4S. The maximum Gasteiger partial charge on any atom is 0.305 e. The van der Waals surface area contributed by atoms with Crippen LogP contribution in [-0.4, -0.2) is 27.2 Å². The first-order valence-electron chi connectivity index (χ1n) is 9.69. The number of carbonyl (C=O) groups excluding carboxylic acids is 1. The van der Waals surface area contributed by atoms with Crippen molar-refractivity contribution < 1.29 is 17.9 Å². The molecule has 0 bridgehead atoms. The average Bonchev–Trinajstić information content (AvgIpc) is 2.72. The smallest absolute Gasteiger partial charge is 0.305 e. The number of hydrogen-bond donors (Lipinski definition) is 0. The van der Waals surface area contributed by atoms with Crippen LogP contribution in [0, 0.1) is 0 Å². The van der Waals surface area contributed by atoms with Crippen molar-refractivity contribution in [1.82, 2.24) is 0 Å². The van der Waals surface area contributed by atoms with Crippen LogP contribution in [0.1, 0.15) is 44.1 Å². The second-order valence-electron chi connectivity index (χ2n) is 6.74. The summed E-state index contributed by atoms with van der Waals surface area (Å²) in [6.07, 6.45) is 4.46. The minimum Gasteiger partial charge on any atom is -0.469 e. The van der Waals surface area contributed by atoms with Crippen LogP contribution in [0.25, 0.3) is 0 Å². The maximum absolute atomic E-state index is 13.0. The fourth-order valence-corrected chi connectivity index (χ4v) is 4.57. The monoisotopic (exact) mass is 403 g/mol. The van der Waals surface area contributed by atoms with Crippen molar-refractivity contribution in [3.05, 3.63) is 66.2 Å². The number of anilines is 1. The van der Waals surface area contributed by atoms with E-state index in [2.05, 4.69) is 4.74 Å². The fourth-order valence-electron chi connectivity index (χ4n) is 2.99. The van der Waals surface area contributed by atoms with E-state index in [1.807, 2.05) is 60.7 Å². The Morgan fingerprint density at radius 1 is 0.857 bits per heavy atom. The molecule has 0 unspecified atom stereocenters. The Balaban J connectivity index is 1.91. The molecule has 2 aromatic rings. The number of sulfonamides is 1. The van der Waals surface area contributed by atoms with E-state index in [0.29, 0.717) is 25.1 Å². The molecule has 0 fully saturated rings. The van der Waals surface area contributed by atoms with Crippen LogP contribution in [0.5, 0.6) is 0 Å². The molecule has 0 aromatic heterocycles. The molecule has 0 N–H and O–H groups in total. The Morgan fingerprint density at radius 2 is 1.43 bits per heavy atom. The zero-order valence-electron chi connectivity index (χ0n) is 16.4. The zero-order chi connectivity index (χ0) is 20.2. The number of methoxy groups -OCH3 is 1. The van der Waals surface area contributed by atoms with E-state index < -0.39 is 10.0 Å². The summed E-state index contributed by atoms with van der Waals surface area (Å²) in [5.74, 6) is -0.0758. The summed E-state index contributed by atoms with van der Waals surface area (Å²) in [7, 11) is -2.03. The molecule has 28 heavy (non-hydrogen) atoms. The van der Waals surface area contributed by atoms with Crippen molar-refractivity contribution in [3.8, 4) is 0 Å². The second-order valence-corrected chi connectivity index (χ2v) is 8.75. The van der Waals surface area contributed by atoms with Gasteiger partial charge in [0.15, 0.2) is 0 Å². The maximum atomic E-state index is 13.0. The molecular weight excluding hydrogens is 374 g/mol. The molecule has 152 valence electrons. The molecule has 6 heteroatoms. The summed E-state index contributed by atoms with van der Waals surface area (Å²) in [4.78, 5) is 11.1. The van der Waals surface area contributed by atoms with Crippen molar-refractivity contribution >= 4 is 21.7 Å². The van der Waals surface area contributed by atoms with Gasteiger partial charge in [0.05, 0.1) is 25.1 Å². The quantitative estimate of drug-likeness (QED) is 0.386. The lowest BCUT2D eigenvalue weighted by molar-refractivity contribution is -0.140. The third-order valence-corrected chi connectivity index (χ3v) is 6.38. The Hall–Kier alpha value is -2.34. The van der Waals surface area contributed by atoms with Crippen LogP contribution < -0.4 is 4.31 Å². The van der Waals surface area contributed by atoms with Crippen LogP contribution in [0.4, 0.5) is 5.69 Å². The number of rotatable bonds is 12. The molecule has 2 rings (SSSR count). The van der Waals surface area contributed by atoms with Gasteiger partial charge in [-0.3, -0.25) is 9.10 Å². The highest BCUT2D eigenvalue weighted by molar-refractivity contribution is 7.92. The Kier molecular flexibility index (Phi) is 9.01. The first-order chi connectivity index (χ1) is 13.5. The summed E-state index contributed by atoms with van der Waals surface area (Å²) in [6, 6.07) is 18.9. The van der Waals surface area contributed by atoms with E-state index in [1.165, 1.54) is 11.4 Å². The molecule has 0 amide bonds. The van der Waals surface area contributed by atoms with Crippen molar-refractivity contribution in [3.63, 3.8) is 0 Å². The highest BCUT2D eigenvalue weighted by atomic mass is 32.2. The SMILES string of the molecule is COC(=O)CCCCCCCS(=O)(=O)N(Cc1ccccc1)c1ccccc1. The Bertz CT molecular complexity index is 807. The Labute approximate surface area is 168 Å². The van der Waals surface area contributed by atoms with Crippen LogP contribution in [-0.2, 0) is 26.1 Å². The number of nitrogens with zero attached hydrogens (tertiary/aromatic N) is 1. The summed E-state index contributed by atoms with van der Waals surface area (Å²) in [6.45, 7) is 0.326. The fraction of sp³-hybridized carbons (Fsp3) is 0.409. The van der Waals surface area contributed by atoms with E-state index in [-0.39, 0.29) is 11.7 Å². The van der Waals surface area contributed by atoms with E-state index >= 15 is 0 Å². The van der Waals surface area contributed by atoms with Crippen LogP contribution >= 0.6 is 0 Å². The predicted molar refractivity (Wildman–Crippen MR) is 113 cm³/mol. The Morgan fingerprint density at radius 3 is 2.07 bits per heavy atom. The minimum absolute atomic E-state index is 0.117. The first-order valence-corrected chi connectivity index (χ1v) is 11.3. The average molecular weight is 404 g/mol. The minimum atomic E-state index is -3.42. The lowest BCUT2D eigenvalue weighted by atomic mass is 10.1. The van der Waals surface area contributed by atoms with Gasteiger partial charge in [-0.15, -0.1) is 0 Å². The van der Waals surface area contributed by atoms with E-state index in [0.717, 1.165) is 31.2 Å². The number of hydrogen-bond acceptors (Lipinski definition) is 4. The number of para-hydroxylation sites is 1. The van der Waals surface area contributed by atoms with E-state index in [1.54, 1.807) is 0 Å². The number of esters is 1. The lowest BCUT2D eigenvalue weighted by Gasteiger charge is -2.24. The van der Waals surface area contributed by atoms with Crippen molar-refractivity contribution in [1.29, 1.82) is 0 Å². The van der Waals surface area contributed by atoms with Gasteiger partial charge in [0.25, 0.3) is 0 Å². The van der Waals surface area contributed by atoms with Gasteiger partial charge in [-0.25, -0.2) is 8.42 Å². The van der Waals surface area contributed by atoms with Gasteiger partial charge in [-0.05, 0) is 30.5 Å². The predicted octanol–water partition coefficient (Wildman–Crippen LogP) is 4.54. The van der Waals surface area contributed by atoms with Crippen molar-refractivity contribution in [2.45, 2.75) is 45.1 Å². The summed E-state index contributed by atoms with van der Waals surface area (Å²) >= 11 is 0.